The molecule has 1 amide bonds. The molecule has 1 heterocycles. The number of amides is 1. The van der Waals surface area contributed by atoms with Gasteiger partial charge in [-0.3, -0.25) is 9.69 Å². The molecule has 1 atom stereocenters. The van der Waals surface area contributed by atoms with E-state index in [9.17, 15) is 9.59 Å². The van der Waals surface area contributed by atoms with Gasteiger partial charge in [0.05, 0.1) is 7.11 Å². The largest absolute Gasteiger partial charge is 0.469 e. The van der Waals surface area contributed by atoms with Gasteiger partial charge in [0, 0.05) is 13.0 Å². The number of esters is 1. The molecule has 21 heavy (non-hydrogen) atoms. The second kappa shape index (κ2) is 7.45. The van der Waals surface area contributed by atoms with Crippen molar-refractivity contribution < 1.29 is 19.1 Å². The van der Waals surface area contributed by atoms with Crippen molar-refractivity contribution in [3.63, 3.8) is 0 Å². The molecule has 0 aromatic carbocycles. The molecule has 0 aromatic heterocycles. The maximum atomic E-state index is 11.9. The number of nitrogens with one attached hydrogen (secondary N) is 1. The molecule has 1 rings (SSSR count). The van der Waals surface area contributed by atoms with E-state index in [0.717, 1.165) is 18.5 Å². The highest BCUT2D eigenvalue weighted by molar-refractivity contribution is 5.70. The van der Waals surface area contributed by atoms with Crippen LogP contribution in [0.25, 0.3) is 0 Å². The number of nitrogens with zero attached hydrogens (tertiary/aromatic N) is 1. The number of rotatable bonds is 4. The van der Waals surface area contributed by atoms with E-state index in [4.69, 9.17) is 4.74 Å². The van der Waals surface area contributed by atoms with Gasteiger partial charge in [-0.1, -0.05) is 6.08 Å². The Morgan fingerprint density at radius 3 is 2.67 bits per heavy atom. The summed E-state index contributed by atoms with van der Waals surface area (Å²) in [6.07, 6.45) is 3.16. The second-order valence-corrected chi connectivity index (χ2v) is 6.17. The topological polar surface area (TPSA) is 67.9 Å². The first kappa shape index (κ1) is 17.5. The van der Waals surface area contributed by atoms with Crippen molar-refractivity contribution in [2.75, 3.05) is 20.7 Å². The van der Waals surface area contributed by atoms with Crippen molar-refractivity contribution in [3.8, 4) is 0 Å². The first-order chi connectivity index (χ1) is 9.73. The lowest BCUT2D eigenvalue weighted by molar-refractivity contribution is -0.140. The molecule has 1 aliphatic heterocycles. The van der Waals surface area contributed by atoms with E-state index in [2.05, 4.69) is 16.1 Å². The van der Waals surface area contributed by atoms with Crippen LogP contribution in [-0.4, -0.2) is 49.4 Å². The van der Waals surface area contributed by atoms with Crippen molar-refractivity contribution in [1.29, 1.82) is 0 Å². The Morgan fingerprint density at radius 1 is 1.43 bits per heavy atom. The van der Waals surface area contributed by atoms with Crippen LogP contribution in [0.5, 0.6) is 0 Å². The van der Waals surface area contributed by atoms with Crippen LogP contribution >= 0.6 is 0 Å². The predicted octanol–water partition coefficient (Wildman–Crippen LogP) is 2.05. The molecule has 0 radical (unpaired) electrons. The molecule has 0 saturated heterocycles. The lowest BCUT2D eigenvalue weighted by Crippen LogP contribution is -2.50. The Labute approximate surface area is 126 Å². The van der Waals surface area contributed by atoms with Crippen molar-refractivity contribution >= 4 is 12.1 Å². The van der Waals surface area contributed by atoms with E-state index in [-0.39, 0.29) is 12.1 Å². The van der Waals surface area contributed by atoms with Crippen LogP contribution in [0, 0.1) is 0 Å². The maximum Gasteiger partial charge on any atom is 0.409 e. The molecule has 120 valence electrons. The molecule has 0 spiro atoms. The quantitative estimate of drug-likeness (QED) is 0.635. The van der Waals surface area contributed by atoms with Gasteiger partial charge in [0.1, 0.15) is 11.8 Å². The molecule has 0 bridgehead atoms. The number of carbonyl (C=O) groups excluding carboxylic acids is 2. The molecule has 0 aliphatic carbocycles. The Hall–Kier alpha value is -1.56. The fourth-order valence-corrected chi connectivity index (χ4v) is 2.19. The molecule has 6 nitrogen and oxygen atoms in total. The van der Waals surface area contributed by atoms with Gasteiger partial charge in [-0.05, 0) is 46.2 Å². The third-order valence-electron chi connectivity index (χ3n) is 3.18. The number of likely N-dealkylation sites (N-methyl/N-ethyl adjacent to an activating group) is 1. The first-order valence-corrected chi connectivity index (χ1v) is 7.18. The van der Waals surface area contributed by atoms with Crippen molar-refractivity contribution in [3.05, 3.63) is 11.6 Å². The number of hydrogen-bond donors (Lipinski definition) is 1. The second-order valence-electron chi connectivity index (χ2n) is 6.17. The molecular weight excluding hydrogens is 272 g/mol. The molecule has 6 heteroatoms. The number of alkyl carbamates (subject to hydrolysis) is 1. The van der Waals surface area contributed by atoms with Gasteiger partial charge < -0.3 is 14.8 Å². The van der Waals surface area contributed by atoms with Crippen LogP contribution in [0.3, 0.4) is 0 Å². The van der Waals surface area contributed by atoms with Crippen LogP contribution in [0.4, 0.5) is 4.79 Å². The highest BCUT2D eigenvalue weighted by atomic mass is 16.6. The minimum atomic E-state index is -0.535. The molecule has 0 unspecified atom stereocenters. The normalized spacial score (nSPS) is 19.7. The van der Waals surface area contributed by atoms with Gasteiger partial charge in [0.25, 0.3) is 0 Å². The van der Waals surface area contributed by atoms with Gasteiger partial charge in [-0.2, -0.15) is 0 Å². The standard InChI is InChI=1S/C15H26N2O4/c1-15(2,3)21-14(19)16-13-11(7-6-10-17(13)4)8-9-12(18)20-5/h7,13H,6,8-10H2,1-5H3,(H,16,19)/t13-/m0/s1. The smallest absolute Gasteiger partial charge is 0.409 e. The summed E-state index contributed by atoms with van der Waals surface area (Å²) in [5, 5.41) is 2.86. The summed E-state index contributed by atoms with van der Waals surface area (Å²) in [6, 6.07) is 0. The fraction of sp³-hybridized carbons (Fsp3) is 0.733. The molecule has 0 fully saturated rings. The van der Waals surface area contributed by atoms with Gasteiger partial charge in [0.2, 0.25) is 0 Å². The highest BCUT2D eigenvalue weighted by Crippen LogP contribution is 2.20. The highest BCUT2D eigenvalue weighted by Gasteiger charge is 2.27. The summed E-state index contributed by atoms with van der Waals surface area (Å²) in [6.45, 7) is 6.32. The minimum absolute atomic E-state index is 0.238. The van der Waals surface area contributed by atoms with Crippen molar-refractivity contribution in [2.24, 2.45) is 0 Å². The summed E-state index contributed by atoms with van der Waals surface area (Å²) < 4.78 is 9.95. The van der Waals surface area contributed by atoms with Crippen molar-refractivity contribution in [1.82, 2.24) is 10.2 Å². The first-order valence-electron chi connectivity index (χ1n) is 7.18. The monoisotopic (exact) mass is 298 g/mol. The Balaban J connectivity index is 2.66. The number of carbonyl (C=O) groups is 2. The van der Waals surface area contributed by atoms with Gasteiger partial charge in [-0.15, -0.1) is 0 Å². The number of ether oxygens (including phenoxy) is 2. The lowest BCUT2D eigenvalue weighted by atomic mass is 10.0. The fourth-order valence-electron chi connectivity index (χ4n) is 2.19. The average Bonchev–Trinajstić information content (AvgIpc) is 2.37. The summed E-state index contributed by atoms with van der Waals surface area (Å²) in [5.74, 6) is -0.250. The zero-order chi connectivity index (χ0) is 16.0. The predicted molar refractivity (Wildman–Crippen MR) is 79.7 cm³/mol. The van der Waals surface area contributed by atoms with Crippen LogP contribution < -0.4 is 5.32 Å². The van der Waals surface area contributed by atoms with E-state index in [1.807, 2.05) is 32.7 Å². The van der Waals surface area contributed by atoms with E-state index in [1.54, 1.807) is 0 Å². The van der Waals surface area contributed by atoms with Crippen LogP contribution in [0.1, 0.15) is 40.0 Å². The Morgan fingerprint density at radius 2 is 2.10 bits per heavy atom. The maximum absolute atomic E-state index is 11.9. The minimum Gasteiger partial charge on any atom is -0.469 e. The molecule has 0 aromatic rings. The van der Waals surface area contributed by atoms with E-state index in [0.29, 0.717) is 12.8 Å². The van der Waals surface area contributed by atoms with Crippen LogP contribution in [0.2, 0.25) is 0 Å². The van der Waals surface area contributed by atoms with Gasteiger partial charge in [0.15, 0.2) is 0 Å². The van der Waals surface area contributed by atoms with E-state index in [1.165, 1.54) is 7.11 Å². The van der Waals surface area contributed by atoms with Gasteiger partial charge in [-0.25, -0.2) is 4.79 Å². The Bertz CT molecular complexity index is 412. The lowest BCUT2D eigenvalue weighted by Gasteiger charge is -2.34. The zero-order valence-electron chi connectivity index (χ0n) is 13.6. The number of methoxy groups -OCH3 is 1. The molecule has 1 N–H and O–H groups in total. The summed E-state index contributed by atoms with van der Waals surface area (Å²) >= 11 is 0. The number of hydrogen-bond acceptors (Lipinski definition) is 5. The van der Waals surface area contributed by atoms with Crippen LogP contribution in [-0.2, 0) is 14.3 Å². The molecule has 1 aliphatic rings. The Kier molecular flexibility index (Phi) is 6.20. The average molecular weight is 298 g/mol. The summed E-state index contributed by atoms with van der Waals surface area (Å²) in [5.41, 5.74) is 0.479. The molecular formula is C15H26N2O4. The summed E-state index contributed by atoms with van der Waals surface area (Å²) in [4.78, 5) is 25.2. The molecule has 0 saturated carbocycles. The summed E-state index contributed by atoms with van der Waals surface area (Å²) in [7, 11) is 3.31. The van der Waals surface area contributed by atoms with E-state index < -0.39 is 11.7 Å². The van der Waals surface area contributed by atoms with Gasteiger partial charge >= 0.3 is 12.1 Å². The SMILES string of the molecule is COC(=O)CCC1=CCCN(C)[C@@H]1NC(=O)OC(C)(C)C. The zero-order valence-corrected chi connectivity index (χ0v) is 13.6. The van der Waals surface area contributed by atoms with Crippen molar-refractivity contribution in [2.45, 2.75) is 51.8 Å². The van der Waals surface area contributed by atoms with E-state index >= 15 is 0 Å². The third-order valence-corrected chi connectivity index (χ3v) is 3.18. The third kappa shape index (κ3) is 6.16. The van der Waals surface area contributed by atoms with Crippen LogP contribution in [0.15, 0.2) is 11.6 Å².